The summed E-state index contributed by atoms with van der Waals surface area (Å²) in [6, 6.07) is 5.07. The molecule has 0 amide bonds. The van der Waals surface area contributed by atoms with Gasteiger partial charge in [-0.1, -0.05) is 11.3 Å². The topological polar surface area (TPSA) is 80.5 Å². The number of aromatic nitrogens is 3. The van der Waals surface area contributed by atoms with Crippen molar-refractivity contribution in [3.63, 3.8) is 0 Å². The van der Waals surface area contributed by atoms with Crippen LogP contribution in [0.1, 0.15) is 16.8 Å². The Balaban J connectivity index is 1.70. The number of aryl methyl sites for hydroxylation is 1. The second-order valence-electron chi connectivity index (χ2n) is 5.10. The molecule has 0 spiro atoms. The minimum Gasteiger partial charge on any atom is -0.478 e. The summed E-state index contributed by atoms with van der Waals surface area (Å²) in [5, 5.41) is 17.4. The molecule has 1 fully saturated rings. The highest BCUT2D eigenvalue weighted by molar-refractivity contribution is 6.00. The van der Waals surface area contributed by atoms with E-state index >= 15 is 0 Å². The summed E-state index contributed by atoms with van der Waals surface area (Å²) in [6.07, 6.45) is 0.909. The Morgan fingerprint density at radius 2 is 2.10 bits per heavy atom. The van der Waals surface area contributed by atoms with Crippen LogP contribution in [0.4, 0.5) is 0 Å². The number of ether oxygens (including phenoxy) is 1. The van der Waals surface area contributed by atoms with Gasteiger partial charge in [0.25, 0.3) is 0 Å². The molecule has 2 aromatic rings. The van der Waals surface area contributed by atoms with Crippen molar-refractivity contribution in [1.29, 1.82) is 0 Å². The van der Waals surface area contributed by atoms with E-state index in [4.69, 9.17) is 4.74 Å². The predicted octanol–water partition coefficient (Wildman–Crippen LogP) is 0.852. The third-order valence-corrected chi connectivity index (χ3v) is 3.71. The molecule has 1 aliphatic heterocycles. The van der Waals surface area contributed by atoms with Crippen molar-refractivity contribution in [1.82, 2.24) is 19.9 Å². The molecule has 1 N–H and O–H groups in total. The van der Waals surface area contributed by atoms with Crippen molar-refractivity contribution in [3.8, 4) is 0 Å². The molecule has 0 atom stereocenters. The molecule has 1 aromatic carbocycles. The fourth-order valence-electron chi connectivity index (χ4n) is 2.63. The monoisotopic (exact) mass is 290 g/mol. The molecular weight excluding hydrogens is 272 g/mol. The van der Waals surface area contributed by atoms with Gasteiger partial charge in [0.1, 0.15) is 11.0 Å². The number of morpholine rings is 1. The van der Waals surface area contributed by atoms with Gasteiger partial charge in [-0.3, -0.25) is 4.90 Å². The fraction of sp³-hybridized carbons (Fsp3) is 0.500. The zero-order valence-corrected chi connectivity index (χ0v) is 11.7. The van der Waals surface area contributed by atoms with Gasteiger partial charge in [-0.05, 0) is 18.6 Å². The van der Waals surface area contributed by atoms with Crippen LogP contribution in [-0.4, -0.2) is 63.8 Å². The third kappa shape index (κ3) is 3.03. The normalized spacial score (nSPS) is 16.4. The Labute approximate surface area is 122 Å². The number of carboxylic acid groups (broad SMARTS) is 1. The maximum absolute atomic E-state index is 11.3. The number of hydrogen-bond donors (Lipinski definition) is 1. The second kappa shape index (κ2) is 6.19. The summed E-state index contributed by atoms with van der Waals surface area (Å²) in [5.41, 5.74) is 1.48. The van der Waals surface area contributed by atoms with E-state index < -0.39 is 5.97 Å². The minimum atomic E-state index is -0.947. The number of rotatable bonds is 5. The molecule has 7 heteroatoms. The van der Waals surface area contributed by atoms with Crippen molar-refractivity contribution in [2.24, 2.45) is 0 Å². The van der Waals surface area contributed by atoms with E-state index in [1.54, 1.807) is 22.9 Å². The maximum Gasteiger partial charge on any atom is 0.337 e. The van der Waals surface area contributed by atoms with Crippen molar-refractivity contribution in [2.45, 2.75) is 13.0 Å². The molecule has 112 valence electrons. The average molecular weight is 290 g/mol. The lowest BCUT2D eigenvalue weighted by molar-refractivity contribution is 0.0368. The van der Waals surface area contributed by atoms with E-state index in [0.717, 1.165) is 39.3 Å². The molecule has 2 heterocycles. The molecule has 0 saturated carbocycles. The largest absolute Gasteiger partial charge is 0.478 e. The molecule has 0 unspecified atom stereocenters. The number of hydrogen-bond acceptors (Lipinski definition) is 5. The Morgan fingerprint density at radius 1 is 1.29 bits per heavy atom. The third-order valence-electron chi connectivity index (χ3n) is 3.71. The fourth-order valence-corrected chi connectivity index (χ4v) is 2.63. The van der Waals surface area contributed by atoms with Crippen molar-refractivity contribution >= 4 is 17.0 Å². The summed E-state index contributed by atoms with van der Waals surface area (Å²) in [5.74, 6) is -0.947. The minimum absolute atomic E-state index is 0.254. The van der Waals surface area contributed by atoms with E-state index in [-0.39, 0.29) is 5.56 Å². The molecule has 0 radical (unpaired) electrons. The Hall–Kier alpha value is -1.99. The molecule has 0 aliphatic carbocycles. The molecule has 21 heavy (non-hydrogen) atoms. The highest BCUT2D eigenvalue weighted by Crippen LogP contribution is 2.17. The Bertz CT molecular complexity index is 634. The van der Waals surface area contributed by atoms with Gasteiger partial charge in [0.15, 0.2) is 0 Å². The molecular formula is C14H18N4O3. The zero-order chi connectivity index (χ0) is 14.7. The van der Waals surface area contributed by atoms with Crippen molar-refractivity contribution in [2.75, 3.05) is 32.8 Å². The lowest BCUT2D eigenvalue weighted by Crippen LogP contribution is -2.37. The van der Waals surface area contributed by atoms with Gasteiger partial charge in [-0.25, -0.2) is 9.48 Å². The Morgan fingerprint density at radius 3 is 2.86 bits per heavy atom. The van der Waals surface area contributed by atoms with E-state index in [9.17, 15) is 9.90 Å². The Kier molecular flexibility index (Phi) is 4.12. The first kappa shape index (κ1) is 14.0. The summed E-state index contributed by atoms with van der Waals surface area (Å²) in [4.78, 5) is 13.6. The summed E-state index contributed by atoms with van der Waals surface area (Å²) in [6.45, 7) is 5.11. The van der Waals surface area contributed by atoms with Crippen LogP contribution in [-0.2, 0) is 11.3 Å². The number of nitrogens with zero attached hydrogens (tertiary/aromatic N) is 4. The second-order valence-corrected chi connectivity index (χ2v) is 5.10. The summed E-state index contributed by atoms with van der Waals surface area (Å²) >= 11 is 0. The highest BCUT2D eigenvalue weighted by atomic mass is 16.5. The number of carbonyl (C=O) groups is 1. The van der Waals surface area contributed by atoms with Gasteiger partial charge in [-0.15, -0.1) is 5.10 Å². The van der Waals surface area contributed by atoms with Crippen molar-refractivity contribution in [3.05, 3.63) is 23.8 Å². The van der Waals surface area contributed by atoms with Gasteiger partial charge in [0.2, 0.25) is 0 Å². The average Bonchev–Trinajstić information content (AvgIpc) is 2.91. The quantitative estimate of drug-likeness (QED) is 0.879. The number of aromatic carboxylic acids is 1. The number of benzene rings is 1. The molecule has 3 rings (SSSR count). The molecule has 1 aromatic heterocycles. The predicted molar refractivity (Wildman–Crippen MR) is 76.4 cm³/mol. The van der Waals surface area contributed by atoms with Gasteiger partial charge in [-0.2, -0.15) is 0 Å². The lowest BCUT2D eigenvalue weighted by Gasteiger charge is -2.26. The van der Waals surface area contributed by atoms with Gasteiger partial charge in [0, 0.05) is 26.2 Å². The zero-order valence-electron chi connectivity index (χ0n) is 11.7. The van der Waals surface area contributed by atoms with E-state index in [1.165, 1.54) is 0 Å². The van der Waals surface area contributed by atoms with Crippen LogP contribution >= 0.6 is 0 Å². The smallest absolute Gasteiger partial charge is 0.337 e. The van der Waals surface area contributed by atoms with Crippen molar-refractivity contribution < 1.29 is 14.6 Å². The SMILES string of the molecule is O=C(O)c1cccc2nnn(CCCN3CCOCC3)c12. The van der Waals surface area contributed by atoms with Crippen LogP contribution in [0.5, 0.6) is 0 Å². The van der Waals surface area contributed by atoms with Gasteiger partial charge < -0.3 is 9.84 Å². The standard InChI is InChI=1S/C14H18N4O3/c19-14(20)11-3-1-4-12-13(11)18(16-15-12)6-2-5-17-7-9-21-10-8-17/h1,3-4H,2,5-10H2,(H,19,20). The molecule has 7 nitrogen and oxygen atoms in total. The van der Waals surface area contributed by atoms with Crippen LogP contribution in [0.25, 0.3) is 11.0 Å². The maximum atomic E-state index is 11.3. The highest BCUT2D eigenvalue weighted by Gasteiger charge is 2.15. The first-order valence-electron chi connectivity index (χ1n) is 7.11. The number of carboxylic acids is 1. The first-order chi connectivity index (χ1) is 10.3. The van der Waals surface area contributed by atoms with Gasteiger partial charge >= 0.3 is 5.97 Å². The van der Waals surface area contributed by atoms with Gasteiger partial charge in [0.05, 0.1) is 18.8 Å². The lowest BCUT2D eigenvalue weighted by atomic mass is 10.2. The van der Waals surface area contributed by atoms with Crippen LogP contribution < -0.4 is 0 Å². The van der Waals surface area contributed by atoms with Crippen LogP contribution in [0.3, 0.4) is 0 Å². The number of para-hydroxylation sites is 1. The first-order valence-corrected chi connectivity index (χ1v) is 7.11. The number of fused-ring (bicyclic) bond motifs is 1. The summed E-state index contributed by atoms with van der Waals surface area (Å²) in [7, 11) is 0. The molecule has 0 bridgehead atoms. The van der Waals surface area contributed by atoms with Crippen LogP contribution in [0.2, 0.25) is 0 Å². The summed E-state index contributed by atoms with van der Waals surface area (Å²) < 4.78 is 7.01. The van der Waals surface area contributed by atoms with E-state index in [0.29, 0.717) is 17.6 Å². The van der Waals surface area contributed by atoms with E-state index in [1.807, 2.05) is 0 Å². The molecule has 1 saturated heterocycles. The molecule has 1 aliphatic rings. The van der Waals surface area contributed by atoms with Crippen LogP contribution in [0, 0.1) is 0 Å². The van der Waals surface area contributed by atoms with E-state index in [2.05, 4.69) is 15.2 Å². The van der Waals surface area contributed by atoms with Crippen LogP contribution in [0.15, 0.2) is 18.2 Å².